The van der Waals surface area contributed by atoms with Gasteiger partial charge in [0.25, 0.3) is 11.8 Å². The SMILES string of the molecule is CC(C)(C)c1ccc2c(c1)OC(C(=O)N/N=C/c1ccc[nH]1)CO2.CC(C)(C)c1ccc2c(c1)OC(C(=O)N/N=C\c1ccc[nH]1)CO2. The molecule has 252 valence electrons. The molecular weight excluding hydrogens is 612 g/mol. The second-order valence-electron chi connectivity index (χ2n) is 13.4. The van der Waals surface area contributed by atoms with Crippen LogP contribution in [0.1, 0.15) is 64.1 Å². The van der Waals surface area contributed by atoms with Crippen molar-refractivity contribution in [1.82, 2.24) is 20.8 Å². The number of nitrogens with zero attached hydrogens (tertiary/aromatic N) is 2. The van der Waals surface area contributed by atoms with Crippen LogP contribution in [0.15, 0.2) is 83.3 Å². The quantitative estimate of drug-likeness (QED) is 0.166. The lowest BCUT2D eigenvalue weighted by molar-refractivity contribution is -0.131. The third-order valence-electron chi connectivity index (χ3n) is 7.52. The Morgan fingerprint density at radius 1 is 0.667 bits per heavy atom. The van der Waals surface area contributed by atoms with Crippen LogP contribution in [0, 0.1) is 0 Å². The highest BCUT2D eigenvalue weighted by atomic mass is 16.6. The van der Waals surface area contributed by atoms with Crippen LogP contribution >= 0.6 is 0 Å². The molecule has 2 aromatic carbocycles. The number of hydrazone groups is 2. The summed E-state index contributed by atoms with van der Waals surface area (Å²) < 4.78 is 22.9. The standard InChI is InChI=1S/2C18H21N3O3/c2*1-18(2,3)12-6-7-14-15(9-12)24-16(11-23-14)17(22)21-20-10-13-5-4-8-19-13/h2*4-10,16,19H,11H2,1-3H3,(H,21,22)/b20-10+;20-10-. The van der Waals surface area contributed by atoms with Gasteiger partial charge in [-0.15, -0.1) is 0 Å². The maximum absolute atomic E-state index is 12.2. The molecule has 6 rings (SSSR count). The number of benzene rings is 2. The zero-order valence-electron chi connectivity index (χ0n) is 28.0. The van der Waals surface area contributed by atoms with Crippen molar-refractivity contribution in [2.45, 2.75) is 64.6 Å². The molecule has 0 radical (unpaired) electrons. The molecule has 48 heavy (non-hydrogen) atoms. The number of hydrogen-bond acceptors (Lipinski definition) is 8. The summed E-state index contributed by atoms with van der Waals surface area (Å²) in [7, 11) is 0. The summed E-state index contributed by atoms with van der Waals surface area (Å²) in [6, 6.07) is 19.1. The van der Waals surface area contributed by atoms with Gasteiger partial charge in [-0.25, -0.2) is 10.9 Å². The van der Waals surface area contributed by atoms with E-state index in [-0.39, 0.29) is 35.9 Å². The van der Waals surface area contributed by atoms with Crippen LogP contribution in [-0.2, 0) is 20.4 Å². The van der Waals surface area contributed by atoms with Crippen LogP contribution in [-0.4, -0.2) is 59.6 Å². The van der Waals surface area contributed by atoms with Crippen molar-refractivity contribution < 1.29 is 28.5 Å². The lowest BCUT2D eigenvalue weighted by atomic mass is 9.87. The molecule has 0 spiro atoms. The maximum atomic E-state index is 12.2. The van der Waals surface area contributed by atoms with E-state index in [1.165, 1.54) is 12.4 Å². The van der Waals surface area contributed by atoms with Gasteiger partial charge in [0.2, 0.25) is 12.2 Å². The summed E-state index contributed by atoms with van der Waals surface area (Å²) in [6.45, 7) is 13.1. The number of H-pyrrole nitrogens is 2. The van der Waals surface area contributed by atoms with Crippen molar-refractivity contribution in [2.75, 3.05) is 13.2 Å². The highest BCUT2D eigenvalue weighted by Gasteiger charge is 2.30. The molecule has 12 heteroatoms. The van der Waals surface area contributed by atoms with E-state index in [4.69, 9.17) is 18.9 Å². The Bertz CT molecular complexity index is 1620. The summed E-state index contributed by atoms with van der Waals surface area (Å²) in [5.74, 6) is 1.79. The number of ether oxygens (including phenoxy) is 4. The van der Waals surface area contributed by atoms with Crippen LogP contribution < -0.4 is 29.8 Å². The number of nitrogens with one attached hydrogen (secondary N) is 4. The van der Waals surface area contributed by atoms with Gasteiger partial charge in [-0.05, 0) is 70.5 Å². The van der Waals surface area contributed by atoms with Crippen molar-refractivity contribution in [2.24, 2.45) is 10.2 Å². The molecule has 0 saturated heterocycles. The molecular formula is C36H42N6O6. The molecule has 2 aliphatic heterocycles. The van der Waals surface area contributed by atoms with Crippen molar-refractivity contribution in [1.29, 1.82) is 0 Å². The first-order valence-electron chi connectivity index (χ1n) is 15.7. The van der Waals surface area contributed by atoms with Crippen LogP contribution in [0.4, 0.5) is 0 Å². The zero-order valence-corrected chi connectivity index (χ0v) is 28.0. The Hall–Kier alpha value is -5.52. The van der Waals surface area contributed by atoms with Crippen LogP contribution in [0.5, 0.6) is 23.0 Å². The average molecular weight is 655 g/mol. The predicted octanol–water partition coefficient (Wildman–Crippen LogP) is 5.20. The van der Waals surface area contributed by atoms with Gasteiger partial charge in [0.05, 0.1) is 23.8 Å². The number of carbonyl (C=O) groups excluding carboxylic acids is 2. The molecule has 4 heterocycles. The van der Waals surface area contributed by atoms with Crippen molar-refractivity contribution >= 4 is 24.2 Å². The van der Waals surface area contributed by atoms with E-state index < -0.39 is 12.2 Å². The minimum Gasteiger partial charge on any atom is -0.485 e. The fourth-order valence-corrected chi connectivity index (χ4v) is 4.66. The van der Waals surface area contributed by atoms with E-state index >= 15 is 0 Å². The smallest absolute Gasteiger partial charge is 0.284 e. The van der Waals surface area contributed by atoms with Gasteiger partial charge in [0.15, 0.2) is 23.0 Å². The topological polar surface area (TPSA) is 151 Å². The number of rotatable bonds is 6. The normalized spacial score (nSPS) is 17.0. The molecule has 0 fully saturated rings. The highest BCUT2D eigenvalue weighted by Crippen LogP contribution is 2.37. The summed E-state index contributed by atoms with van der Waals surface area (Å²) >= 11 is 0. The van der Waals surface area contributed by atoms with Crippen LogP contribution in [0.3, 0.4) is 0 Å². The molecule has 2 atom stereocenters. The van der Waals surface area contributed by atoms with Crippen molar-refractivity contribution in [3.05, 3.63) is 95.6 Å². The van der Waals surface area contributed by atoms with Gasteiger partial charge in [-0.2, -0.15) is 10.2 Å². The fourth-order valence-electron chi connectivity index (χ4n) is 4.66. The third-order valence-corrected chi connectivity index (χ3v) is 7.52. The van der Waals surface area contributed by atoms with Crippen LogP contribution in [0.2, 0.25) is 0 Å². The Kier molecular flexibility index (Phi) is 10.2. The van der Waals surface area contributed by atoms with Crippen molar-refractivity contribution in [3.63, 3.8) is 0 Å². The maximum Gasteiger partial charge on any atom is 0.284 e. The Morgan fingerprint density at radius 3 is 1.44 bits per heavy atom. The van der Waals surface area contributed by atoms with Gasteiger partial charge in [-0.3, -0.25) is 9.59 Å². The number of aromatic amines is 2. The van der Waals surface area contributed by atoms with E-state index in [0.717, 1.165) is 22.5 Å². The molecule has 4 aromatic rings. The van der Waals surface area contributed by atoms with Gasteiger partial charge in [0.1, 0.15) is 13.2 Å². The van der Waals surface area contributed by atoms with E-state index in [9.17, 15) is 9.59 Å². The monoisotopic (exact) mass is 654 g/mol. The first-order valence-corrected chi connectivity index (χ1v) is 15.7. The van der Waals surface area contributed by atoms with Crippen molar-refractivity contribution in [3.8, 4) is 23.0 Å². The van der Waals surface area contributed by atoms with E-state index in [2.05, 4.69) is 72.6 Å². The van der Waals surface area contributed by atoms with Gasteiger partial charge in [-0.1, -0.05) is 53.7 Å². The first kappa shape index (κ1) is 33.8. The highest BCUT2D eigenvalue weighted by molar-refractivity contribution is 5.85. The second-order valence-corrected chi connectivity index (χ2v) is 13.4. The number of aromatic nitrogens is 2. The van der Waals surface area contributed by atoms with Gasteiger partial charge in [0, 0.05) is 12.4 Å². The summed E-state index contributed by atoms with van der Waals surface area (Å²) in [4.78, 5) is 30.3. The lowest BCUT2D eigenvalue weighted by Crippen LogP contribution is -2.42. The Labute approximate surface area is 279 Å². The number of amides is 2. The number of hydrogen-bond donors (Lipinski definition) is 4. The molecule has 2 amide bonds. The molecule has 2 aliphatic rings. The third kappa shape index (κ3) is 8.84. The molecule has 2 unspecified atom stereocenters. The first-order chi connectivity index (χ1) is 22.9. The predicted molar refractivity (Wildman–Crippen MR) is 183 cm³/mol. The molecule has 12 nitrogen and oxygen atoms in total. The zero-order chi connectivity index (χ0) is 34.3. The summed E-state index contributed by atoms with van der Waals surface area (Å²) in [5, 5.41) is 7.82. The molecule has 2 aromatic heterocycles. The largest absolute Gasteiger partial charge is 0.485 e. The summed E-state index contributed by atoms with van der Waals surface area (Å²) in [5.41, 5.74) is 8.78. The summed E-state index contributed by atoms with van der Waals surface area (Å²) in [6.07, 6.45) is 5.18. The second kappa shape index (κ2) is 14.5. The average Bonchev–Trinajstić information content (AvgIpc) is 3.78. The number of fused-ring (bicyclic) bond motifs is 2. The molecule has 0 bridgehead atoms. The molecule has 0 saturated carbocycles. The number of carbonyl (C=O) groups is 2. The molecule has 0 aliphatic carbocycles. The van der Waals surface area contributed by atoms with Crippen LogP contribution in [0.25, 0.3) is 0 Å². The minimum atomic E-state index is -0.728. The van der Waals surface area contributed by atoms with E-state index in [0.29, 0.717) is 23.0 Å². The fraction of sp³-hybridized carbons (Fsp3) is 0.333. The van der Waals surface area contributed by atoms with Gasteiger partial charge < -0.3 is 28.9 Å². The van der Waals surface area contributed by atoms with Gasteiger partial charge >= 0.3 is 0 Å². The Balaban J connectivity index is 0.000000188. The minimum absolute atomic E-state index is 0.00603. The van der Waals surface area contributed by atoms with E-state index in [1.807, 2.05) is 60.7 Å². The van der Waals surface area contributed by atoms with E-state index in [1.54, 1.807) is 12.4 Å². The molecule has 4 N–H and O–H groups in total. The lowest BCUT2D eigenvalue weighted by Gasteiger charge is -2.27. The Morgan fingerprint density at radius 2 is 1.08 bits per heavy atom.